The Kier molecular flexibility index (Phi) is 4.75. The highest BCUT2D eigenvalue weighted by molar-refractivity contribution is 6.35. The van der Waals surface area contributed by atoms with Gasteiger partial charge in [-0.05, 0) is 43.9 Å². The molecule has 0 bridgehead atoms. The lowest BCUT2D eigenvalue weighted by atomic mass is 9.74. The molecule has 3 heterocycles. The summed E-state index contributed by atoms with van der Waals surface area (Å²) in [5.41, 5.74) is 8.95. The van der Waals surface area contributed by atoms with E-state index >= 15 is 0 Å². The standard InChI is InChI=1S/C21H24ClN5O/c1-3-21(4-2)9-6-10-26(20(21)28)15-8-5-7-14(11-15)17-12-16(22)18-19(23)24-13-25-27(17)18/h5,7-8,11-13H,3-4,6,9-10H2,1-2H3,(H2,23,24,25). The van der Waals surface area contributed by atoms with Gasteiger partial charge in [0.2, 0.25) is 5.91 Å². The average Bonchev–Trinajstić information content (AvgIpc) is 3.06. The minimum absolute atomic E-state index is 0.227. The van der Waals surface area contributed by atoms with Crippen LogP contribution >= 0.6 is 11.6 Å². The van der Waals surface area contributed by atoms with Gasteiger partial charge in [0.1, 0.15) is 11.8 Å². The fourth-order valence-electron chi connectivity index (χ4n) is 4.28. The van der Waals surface area contributed by atoms with E-state index in [9.17, 15) is 4.79 Å². The maximum atomic E-state index is 13.3. The summed E-state index contributed by atoms with van der Waals surface area (Å²) in [5, 5.41) is 4.81. The van der Waals surface area contributed by atoms with Crippen molar-refractivity contribution in [3.63, 3.8) is 0 Å². The maximum Gasteiger partial charge on any atom is 0.233 e. The van der Waals surface area contributed by atoms with Crippen LogP contribution in [0, 0.1) is 5.41 Å². The van der Waals surface area contributed by atoms with E-state index in [2.05, 4.69) is 23.9 Å². The Balaban J connectivity index is 1.77. The number of nitrogen functional groups attached to an aromatic ring is 1. The van der Waals surface area contributed by atoms with E-state index in [4.69, 9.17) is 17.3 Å². The number of nitrogens with two attached hydrogens (primary N) is 1. The second-order valence-corrected chi connectivity index (χ2v) is 7.79. The van der Waals surface area contributed by atoms with E-state index < -0.39 is 0 Å². The van der Waals surface area contributed by atoms with Crippen molar-refractivity contribution in [3.05, 3.63) is 41.7 Å². The number of carbonyl (C=O) groups is 1. The quantitative estimate of drug-likeness (QED) is 0.699. The van der Waals surface area contributed by atoms with Gasteiger partial charge in [-0.1, -0.05) is 37.6 Å². The van der Waals surface area contributed by atoms with Crippen LogP contribution in [0.3, 0.4) is 0 Å². The molecule has 0 aliphatic carbocycles. The number of hydrogen-bond donors (Lipinski definition) is 1. The van der Waals surface area contributed by atoms with Crippen LogP contribution in [-0.2, 0) is 4.79 Å². The number of carbonyl (C=O) groups excluding carboxylic acids is 1. The van der Waals surface area contributed by atoms with Gasteiger partial charge in [-0.2, -0.15) is 5.10 Å². The van der Waals surface area contributed by atoms with Gasteiger partial charge in [0.25, 0.3) is 0 Å². The summed E-state index contributed by atoms with van der Waals surface area (Å²) in [6, 6.07) is 9.80. The molecule has 6 nitrogen and oxygen atoms in total. The van der Waals surface area contributed by atoms with E-state index in [1.165, 1.54) is 6.33 Å². The number of nitrogens with zero attached hydrogens (tertiary/aromatic N) is 4. The summed E-state index contributed by atoms with van der Waals surface area (Å²) in [5.74, 6) is 0.565. The Morgan fingerprint density at radius 2 is 2.04 bits per heavy atom. The molecule has 1 saturated heterocycles. The molecule has 1 fully saturated rings. The predicted molar refractivity (Wildman–Crippen MR) is 112 cm³/mol. The molecule has 1 amide bonds. The minimum Gasteiger partial charge on any atom is -0.382 e. The van der Waals surface area contributed by atoms with Crippen molar-refractivity contribution in [2.75, 3.05) is 17.2 Å². The third-order valence-electron chi connectivity index (χ3n) is 6.08. The first-order chi connectivity index (χ1) is 13.5. The number of benzene rings is 1. The maximum absolute atomic E-state index is 13.3. The molecule has 7 heteroatoms. The molecule has 0 atom stereocenters. The molecule has 1 aliphatic heterocycles. The van der Waals surface area contributed by atoms with Crippen molar-refractivity contribution in [1.29, 1.82) is 0 Å². The normalized spacial score (nSPS) is 16.7. The third-order valence-corrected chi connectivity index (χ3v) is 6.37. The van der Waals surface area contributed by atoms with Gasteiger partial charge in [-0.3, -0.25) is 4.79 Å². The molecule has 28 heavy (non-hydrogen) atoms. The zero-order valence-corrected chi connectivity index (χ0v) is 16.9. The largest absolute Gasteiger partial charge is 0.382 e. The van der Waals surface area contributed by atoms with Crippen LogP contribution in [0.1, 0.15) is 39.5 Å². The number of rotatable bonds is 4. The van der Waals surface area contributed by atoms with Crippen LogP contribution in [0.25, 0.3) is 16.8 Å². The second kappa shape index (κ2) is 7.09. The van der Waals surface area contributed by atoms with Gasteiger partial charge in [0.05, 0.1) is 10.7 Å². The number of piperidine rings is 1. The molecule has 146 valence electrons. The SMILES string of the molecule is CCC1(CC)CCCN(c2cccc(-c3cc(Cl)c4c(N)ncnn34)c2)C1=O. The molecule has 1 aliphatic rings. The number of fused-ring (bicyclic) bond motifs is 1. The summed E-state index contributed by atoms with van der Waals surface area (Å²) in [7, 11) is 0. The molecule has 0 unspecified atom stereocenters. The van der Waals surface area contributed by atoms with Crippen molar-refractivity contribution < 1.29 is 4.79 Å². The summed E-state index contributed by atoms with van der Waals surface area (Å²) in [6.45, 7) is 4.97. The van der Waals surface area contributed by atoms with Crippen molar-refractivity contribution in [2.45, 2.75) is 39.5 Å². The number of anilines is 2. The molecular weight excluding hydrogens is 374 g/mol. The van der Waals surface area contributed by atoms with Crippen molar-refractivity contribution in [3.8, 4) is 11.3 Å². The Morgan fingerprint density at radius 1 is 1.25 bits per heavy atom. The van der Waals surface area contributed by atoms with Gasteiger partial charge in [0.15, 0.2) is 5.82 Å². The molecule has 0 spiro atoms. The van der Waals surface area contributed by atoms with E-state index in [1.807, 2.05) is 35.2 Å². The Hall–Kier alpha value is -2.60. The number of halogens is 1. The van der Waals surface area contributed by atoms with E-state index in [1.54, 1.807) is 4.52 Å². The number of hydrogen-bond acceptors (Lipinski definition) is 4. The van der Waals surface area contributed by atoms with Crippen LogP contribution in [-0.4, -0.2) is 27.0 Å². The smallest absolute Gasteiger partial charge is 0.233 e. The van der Waals surface area contributed by atoms with Crippen molar-refractivity contribution >= 4 is 34.5 Å². The first kappa shape index (κ1) is 18.7. The molecule has 2 N–H and O–H groups in total. The van der Waals surface area contributed by atoms with Gasteiger partial charge in [0, 0.05) is 23.2 Å². The summed E-state index contributed by atoms with van der Waals surface area (Å²) >= 11 is 6.37. The lowest BCUT2D eigenvalue weighted by molar-refractivity contribution is -0.130. The molecule has 1 aromatic carbocycles. The number of aromatic nitrogens is 3. The summed E-state index contributed by atoms with van der Waals surface area (Å²) < 4.78 is 1.70. The predicted octanol–water partition coefficient (Wildman–Crippen LogP) is 4.57. The molecular formula is C21H24ClN5O. The number of amides is 1. The summed E-state index contributed by atoms with van der Waals surface area (Å²) in [6.07, 6.45) is 5.13. The highest BCUT2D eigenvalue weighted by atomic mass is 35.5. The molecule has 3 aromatic rings. The van der Waals surface area contributed by atoms with Crippen molar-refractivity contribution in [1.82, 2.24) is 14.6 Å². The van der Waals surface area contributed by atoms with E-state index in [-0.39, 0.29) is 11.3 Å². The molecule has 4 rings (SSSR count). The fourth-order valence-corrected chi connectivity index (χ4v) is 4.56. The zero-order chi connectivity index (χ0) is 19.9. The third kappa shape index (κ3) is 2.83. The van der Waals surface area contributed by atoms with Crippen LogP contribution in [0.15, 0.2) is 36.7 Å². The highest BCUT2D eigenvalue weighted by Gasteiger charge is 2.41. The highest BCUT2D eigenvalue weighted by Crippen LogP contribution is 2.40. The summed E-state index contributed by atoms with van der Waals surface area (Å²) in [4.78, 5) is 19.2. The Bertz CT molecular complexity index is 1040. The van der Waals surface area contributed by atoms with Gasteiger partial charge in [-0.25, -0.2) is 9.50 Å². The molecule has 2 aromatic heterocycles. The first-order valence-electron chi connectivity index (χ1n) is 9.71. The monoisotopic (exact) mass is 397 g/mol. The second-order valence-electron chi connectivity index (χ2n) is 7.38. The zero-order valence-electron chi connectivity index (χ0n) is 16.2. The van der Waals surface area contributed by atoms with Crippen LogP contribution in [0.2, 0.25) is 5.02 Å². The van der Waals surface area contributed by atoms with Crippen LogP contribution in [0.4, 0.5) is 11.5 Å². The molecule has 0 radical (unpaired) electrons. The van der Waals surface area contributed by atoms with Crippen LogP contribution in [0.5, 0.6) is 0 Å². The van der Waals surface area contributed by atoms with Gasteiger partial charge < -0.3 is 10.6 Å². The fraction of sp³-hybridized carbons (Fsp3) is 0.381. The van der Waals surface area contributed by atoms with E-state index in [0.29, 0.717) is 16.4 Å². The van der Waals surface area contributed by atoms with Gasteiger partial charge >= 0.3 is 0 Å². The Labute approximate surface area is 169 Å². The minimum atomic E-state index is -0.249. The van der Waals surface area contributed by atoms with Gasteiger partial charge in [-0.15, -0.1) is 0 Å². The van der Waals surface area contributed by atoms with Crippen molar-refractivity contribution in [2.24, 2.45) is 5.41 Å². The van der Waals surface area contributed by atoms with Crippen LogP contribution < -0.4 is 10.6 Å². The Morgan fingerprint density at radius 3 is 2.79 bits per heavy atom. The lowest BCUT2D eigenvalue weighted by Crippen LogP contribution is -2.48. The first-order valence-corrected chi connectivity index (χ1v) is 10.1. The molecule has 0 saturated carbocycles. The topological polar surface area (TPSA) is 76.5 Å². The lowest BCUT2D eigenvalue weighted by Gasteiger charge is -2.41. The average molecular weight is 398 g/mol. The van der Waals surface area contributed by atoms with E-state index in [0.717, 1.165) is 49.2 Å².